The number of fused-ring (bicyclic) bond motifs is 3. The largest absolute Gasteiger partial charge is 0.496 e. The van der Waals surface area contributed by atoms with E-state index in [-0.39, 0.29) is 5.91 Å². The molecule has 7 heteroatoms. The van der Waals surface area contributed by atoms with E-state index < -0.39 is 0 Å². The summed E-state index contributed by atoms with van der Waals surface area (Å²) >= 11 is 0. The molecule has 2 bridgehead atoms. The highest BCUT2D eigenvalue weighted by Gasteiger charge is 2.36. The summed E-state index contributed by atoms with van der Waals surface area (Å²) in [6.45, 7) is 4.60. The molecule has 2 unspecified atom stereocenters. The molecule has 2 saturated heterocycles. The molecule has 0 aliphatic carbocycles. The number of anilines is 1. The van der Waals surface area contributed by atoms with Gasteiger partial charge >= 0.3 is 0 Å². The molecule has 1 amide bonds. The second-order valence-electron chi connectivity index (χ2n) is 11.8. The quantitative estimate of drug-likeness (QED) is 0.302. The Morgan fingerprint density at radius 3 is 2.44 bits per heavy atom. The van der Waals surface area contributed by atoms with Crippen molar-refractivity contribution in [3.63, 3.8) is 0 Å². The van der Waals surface area contributed by atoms with E-state index in [0.717, 1.165) is 65.9 Å². The summed E-state index contributed by atoms with van der Waals surface area (Å²) in [7, 11) is 1.77. The number of nitrogens with zero attached hydrogens (tertiary/aromatic N) is 3. The maximum Gasteiger partial charge on any atom is 0.258 e. The van der Waals surface area contributed by atoms with Gasteiger partial charge in [0.2, 0.25) is 11.7 Å². The average Bonchev–Trinajstić information content (AvgIpc) is 3.59. The third kappa shape index (κ3) is 4.82. The lowest BCUT2D eigenvalue weighted by atomic mass is 9.84. The molecule has 1 aromatic heterocycles. The normalized spacial score (nSPS) is 21.5. The van der Waals surface area contributed by atoms with Gasteiger partial charge in [0, 0.05) is 42.4 Å². The summed E-state index contributed by atoms with van der Waals surface area (Å²) in [5.74, 6) is 2.63. The van der Waals surface area contributed by atoms with Crippen LogP contribution in [-0.4, -0.2) is 41.8 Å². The Morgan fingerprint density at radius 1 is 1.00 bits per heavy atom. The molecule has 210 valence electrons. The predicted octanol–water partition coefficient (Wildman–Crippen LogP) is 6.62. The zero-order valence-corrected chi connectivity index (χ0v) is 23.9. The van der Waals surface area contributed by atoms with Crippen LogP contribution in [0.25, 0.3) is 22.5 Å². The Kier molecular flexibility index (Phi) is 6.62. The third-order valence-corrected chi connectivity index (χ3v) is 9.16. The lowest BCUT2D eigenvalue weighted by molar-refractivity contribution is 0.0985. The SMILES string of the molecule is COc1cc2c(cc1C1CC3CCC(C1)N3)N(C(=O)c1ccc(-c3ccc(-c4noc(C)n4)cc3C)cc1)CCC2. The van der Waals surface area contributed by atoms with E-state index in [1.54, 1.807) is 14.0 Å². The molecule has 3 aliphatic heterocycles. The van der Waals surface area contributed by atoms with Crippen molar-refractivity contribution in [3.8, 4) is 28.3 Å². The van der Waals surface area contributed by atoms with Gasteiger partial charge in [0.25, 0.3) is 5.91 Å². The van der Waals surface area contributed by atoms with Crippen LogP contribution in [0.2, 0.25) is 0 Å². The van der Waals surface area contributed by atoms with Gasteiger partial charge in [-0.05, 0) is 110 Å². The number of amides is 1. The topological polar surface area (TPSA) is 80.5 Å². The number of hydrogen-bond acceptors (Lipinski definition) is 6. The molecule has 7 rings (SSSR count). The van der Waals surface area contributed by atoms with Crippen LogP contribution in [0.1, 0.15) is 71.0 Å². The van der Waals surface area contributed by atoms with Crippen LogP contribution in [0.3, 0.4) is 0 Å². The Hall–Kier alpha value is -3.97. The van der Waals surface area contributed by atoms with E-state index in [2.05, 4.69) is 46.6 Å². The van der Waals surface area contributed by atoms with Gasteiger partial charge in [0.15, 0.2) is 0 Å². The lowest BCUT2D eigenvalue weighted by Gasteiger charge is -2.34. The number of benzene rings is 3. The fourth-order valence-corrected chi connectivity index (χ4v) is 7.14. The van der Waals surface area contributed by atoms with Crippen LogP contribution in [0.15, 0.2) is 59.1 Å². The van der Waals surface area contributed by atoms with Crippen molar-refractivity contribution in [2.45, 2.75) is 70.4 Å². The van der Waals surface area contributed by atoms with Crippen LogP contribution in [0, 0.1) is 13.8 Å². The van der Waals surface area contributed by atoms with Crippen molar-refractivity contribution < 1.29 is 14.1 Å². The number of rotatable bonds is 5. The Morgan fingerprint density at radius 2 is 1.76 bits per heavy atom. The molecule has 3 aromatic carbocycles. The van der Waals surface area contributed by atoms with Crippen molar-refractivity contribution in [1.29, 1.82) is 0 Å². The van der Waals surface area contributed by atoms with Gasteiger partial charge in [-0.15, -0.1) is 0 Å². The molecule has 0 spiro atoms. The maximum atomic E-state index is 13.9. The molecular formula is C34H36N4O3. The van der Waals surface area contributed by atoms with Crippen molar-refractivity contribution in [3.05, 3.63) is 82.7 Å². The van der Waals surface area contributed by atoms with Gasteiger partial charge in [-0.3, -0.25) is 4.79 Å². The second-order valence-corrected chi connectivity index (χ2v) is 11.8. The number of ether oxygens (including phenoxy) is 1. The Bertz CT molecular complexity index is 1600. The number of carbonyl (C=O) groups excluding carboxylic acids is 1. The molecule has 2 atom stereocenters. The van der Waals surface area contributed by atoms with Crippen molar-refractivity contribution in [1.82, 2.24) is 15.5 Å². The number of nitrogens with one attached hydrogen (secondary N) is 1. The van der Waals surface area contributed by atoms with Gasteiger partial charge in [0.1, 0.15) is 5.75 Å². The Balaban J connectivity index is 1.15. The second kappa shape index (κ2) is 10.5. The number of piperidine rings is 1. The molecule has 1 N–H and O–H groups in total. The molecule has 2 fully saturated rings. The van der Waals surface area contributed by atoms with Gasteiger partial charge in [-0.1, -0.05) is 29.4 Å². The average molecular weight is 549 g/mol. The van der Waals surface area contributed by atoms with Crippen molar-refractivity contribution in [2.24, 2.45) is 0 Å². The van der Waals surface area contributed by atoms with E-state index in [1.807, 2.05) is 35.2 Å². The standard InChI is InChI=1S/C34H36N4O3/c1-20-15-25(33-35-21(2)41-37-33)10-13-29(20)22-6-8-23(9-7-22)34(39)38-14-4-5-24-18-32(40-3)30(19-31(24)38)26-16-27-11-12-28(17-26)36-27/h6-10,13,15,18-19,26-28,36H,4-5,11-12,14,16-17H2,1-3H3. The van der Waals surface area contributed by atoms with Gasteiger partial charge in [-0.25, -0.2) is 0 Å². The van der Waals surface area contributed by atoms with Gasteiger partial charge in [0.05, 0.1) is 7.11 Å². The minimum Gasteiger partial charge on any atom is -0.496 e. The summed E-state index contributed by atoms with van der Waals surface area (Å²) in [5.41, 5.74) is 8.44. The summed E-state index contributed by atoms with van der Waals surface area (Å²) in [5, 5.41) is 7.79. The van der Waals surface area contributed by atoms with E-state index in [0.29, 0.717) is 35.3 Å². The minimum atomic E-state index is 0.0542. The molecular weight excluding hydrogens is 512 g/mol. The maximum absolute atomic E-state index is 13.9. The number of carbonyl (C=O) groups is 1. The Labute approximate surface area is 240 Å². The first-order chi connectivity index (χ1) is 20.0. The van der Waals surface area contributed by atoms with Crippen LogP contribution in [0.5, 0.6) is 5.75 Å². The summed E-state index contributed by atoms with van der Waals surface area (Å²) in [6.07, 6.45) is 6.70. The van der Waals surface area contributed by atoms with E-state index in [1.165, 1.54) is 24.0 Å². The van der Waals surface area contributed by atoms with E-state index in [9.17, 15) is 4.79 Å². The van der Waals surface area contributed by atoms with Crippen LogP contribution >= 0.6 is 0 Å². The monoisotopic (exact) mass is 548 g/mol. The first-order valence-electron chi connectivity index (χ1n) is 14.8. The highest BCUT2D eigenvalue weighted by Crippen LogP contribution is 2.44. The number of aryl methyl sites for hydroxylation is 3. The fourth-order valence-electron chi connectivity index (χ4n) is 7.14. The van der Waals surface area contributed by atoms with Crippen LogP contribution < -0.4 is 15.0 Å². The zero-order chi connectivity index (χ0) is 28.1. The lowest BCUT2D eigenvalue weighted by Crippen LogP contribution is -2.38. The first-order valence-corrected chi connectivity index (χ1v) is 14.8. The van der Waals surface area contributed by atoms with E-state index in [4.69, 9.17) is 9.26 Å². The first kappa shape index (κ1) is 26.0. The summed E-state index contributed by atoms with van der Waals surface area (Å²) in [6, 6.07) is 19.8. The van der Waals surface area contributed by atoms with E-state index >= 15 is 0 Å². The molecule has 3 aliphatic rings. The molecule has 7 nitrogen and oxygen atoms in total. The number of hydrogen-bond donors (Lipinski definition) is 1. The van der Waals surface area contributed by atoms with Crippen molar-refractivity contribution in [2.75, 3.05) is 18.6 Å². The fraction of sp³-hybridized carbons (Fsp3) is 0.382. The highest BCUT2D eigenvalue weighted by molar-refractivity contribution is 6.07. The number of aromatic nitrogens is 2. The molecule has 0 radical (unpaired) electrons. The van der Waals surface area contributed by atoms with Crippen LogP contribution in [0.4, 0.5) is 5.69 Å². The third-order valence-electron chi connectivity index (χ3n) is 9.16. The van der Waals surface area contributed by atoms with Crippen LogP contribution in [-0.2, 0) is 6.42 Å². The van der Waals surface area contributed by atoms with Gasteiger partial charge < -0.3 is 19.5 Å². The predicted molar refractivity (Wildman–Crippen MR) is 160 cm³/mol. The highest BCUT2D eigenvalue weighted by atomic mass is 16.5. The molecule has 0 saturated carbocycles. The minimum absolute atomic E-state index is 0.0542. The smallest absolute Gasteiger partial charge is 0.258 e. The van der Waals surface area contributed by atoms with Crippen molar-refractivity contribution >= 4 is 11.6 Å². The van der Waals surface area contributed by atoms with Gasteiger partial charge in [-0.2, -0.15) is 4.98 Å². The summed E-state index contributed by atoms with van der Waals surface area (Å²) in [4.78, 5) is 20.2. The number of methoxy groups -OCH3 is 1. The molecule has 41 heavy (non-hydrogen) atoms. The summed E-state index contributed by atoms with van der Waals surface area (Å²) < 4.78 is 11.0. The molecule has 4 aromatic rings. The zero-order valence-electron chi connectivity index (χ0n) is 23.9. The molecule has 4 heterocycles.